The van der Waals surface area contributed by atoms with Crippen molar-refractivity contribution in [3.8, 4) is 11.6 Å². The molecule has 0 aliphatic heterocycles. The van der Waals surface area contributed by atoms with E-state index in [9.17, 15) is 8.42 Å². The molecule has 4 rings (SSSR count). The molecular weight excluding hydrogens is 560 g/mol. The van der Waals surface area contributed by atoms with Crippen LogP contribution >= 0.6 is 0 Å². The molecule has 0 saturated heterocycles. The smallest absolute Gasteiger partial charge is 0.269 e. The minimum atomic E-state index is -4.16. The maximum Gasteiger partial charge on any atom is 0.269 e. The van der Waals surface area contributed by atoms with Crippen LogP contribution in [0.1, 0.15) is 25.8 Å². The van der Waals surface area contributed by atoms with E-state index in [0.717, 1.165) is 23.4 Å². The molecule has 0 spiro atoms. The molecule has 0 unspecified atom stereocenters. The minimum absolute atomic E-state index is 0.00952. The number of aromatic nitrogens is 5. The normalized spacial score (nSPS) is 13.9. The van der Waals surface area contributed by atoms with Crippen LogP contribution in [0.5, 0.6) is 5.75 Å². The van der Waals surface area contributed by atoms with E-state index < -0.39 is 23.7 Å². The van der Waals surface area contributed by atoms with Crippen LogP contribution in [-0.4, -0.2) is 68.6 Å². The molecule has 13 heteroatoms. The Labute approximate surface area is 243 Å². The second kappa shape index (κ2) is 11.9. The summed E-state index contributed by atoms with van der Waals surface area (Å²) in [6.07, 6.45) is 6.89. The van der Waals surface area contributed by atoms with Gasteiger partial charge in [-0.3, -0.25) is 4.68 Å². The fourth-order valence-corrected chi connectivity index (χ4v) is 6.50. The number of hydrogen-bond donors (Lipinski definition) is 0. The Bertz CT molecular complexity index is 1610. The Morgan fingerprint density at radius 1 is 1.10 bits per heavy atom. The Morgan fingerprint density at radius 3 is 2.51 bits per heavy atom. The maximum absolute atomic E-state index is 14.3. The van der Waals surface area contributed by atoms with Crippen LogP contribution < -0.4 is 9.04 Å². The lowest BCUT2D eigenvalue weighted by atomic mass is 9.94. The van der Waals surface area contributed by atoms with Crippen LogP contribution in [0.25, 0.3) is 16.7 Å². The molecule has 0 fully saturated rings. The molecule has 0 aliphatic rings. The number of nitrogens with zero attached hydrogens (tertiary/aromatic N) is 6. The van der Waals surface area contributed by atoms with E-state index in [1.807, 2.05) is 32.0 Å². The summed E-state index contributed by atoms with van der Waals surface area (Å²) in [6, 6.07) is 8.22. The van der Waals surface area contributed by atoms with Crippen molar-refractivity contribution in [3.63, 3.8) is 0 Å². The van der Waals surface area contributed by atoms with Gasteiger partial charge in [0.15, 0.2) is 5.82 Å². The first-order valence-corrected chi connectivity index (χ1v) is 18.7. The molecule has 0 N–H and O–H groups in total. The molecule has 41 heavy (non-hydrogen) atoms. The van der Waals surface area contributed by atoms with Crippen molar-refractivity contribution in [1.29, 1.82) is 0 Å². The van der Waals surface area contributed by atoms with Gasteiger partial charge in [0.1, 0.15) is 23.1 Å². The van der Waals surface area contributed by atoms with Gasteiger partial charge < -0.3 is 14.2 Å². The summed E-state index contributed by atoms with van der Waals surface area (Å²) in [5, 5.41) is 9.50. The van der Waals surface area contributed by atoms with Crippen molar-refractivity contribution in [3.05, 3.63) is 54.6 Å². The molecule has 0 saturated carbocycles. The fourth-order valence-electron chi connectivity index (χ4n) is 4.44. The van der Waals surface area contributed by atoms with E-state index in [1.54, 1.807) is 37.3 Å². The number of sulfonamides is 1. The van der Waals surface area contributed by atoms with E-state index in [1.165, 1.54) is 28.5 Å². The Balaban J connectivity index is 1.78. The summed E-state index contributed by atoms with van der Waals surface area (Å²) in [7, 11) is -0.613. The largest absolute Gasteiger partial charge is 0.494 e. The fraction of sp³-hybridized carbons (Fsp3) is 0.464. The highest BCUT2D eigenvalue weighted by Crippen LogP contribution is 2.39. The third-order valence-corrected chi connectivity index (χ3v) is 10.8. The molecular formula is C28H40N6O5SSi. The van der Waals surface area contributed by atoms with Gasteiger partial charge in [-0.05, 0) is 49.2 Å². The first-order chi connectivity index (χ1) is 19.3. The Kier molecular flexibility index (Phi) is 8.92. The summed E-state index contributed by atoms with van der Waals surface area (Å²) in [4.78, 5) is 4.42. The molecule has 0 bridgehead atoms. The van der Waals surface area contributed by atoms with Gasteiger partial charge in [-0.2, -0.15) is 10.2 Å². The van der Waals surface area contributed by atoms with Gasteiger partial charge in [0.25, 0.3) is 10.0 Å². The number of anilines is 1. The highest BCUT2D eigenvalue weighted by atomic mass is 32.2. The van der Waals surface area contributed by atoms with E-state index in [0.29, 0.717) is 29.4 Å². The quantitative estimate of drug-likeness (QED) is 0.120. The summed E-state index contributed by atoms with van der Waals surface area (Å²) in [5.74, 6) is 0.864. The minimum Gasteiger partial charge on any atom is -0.494 e. The SMILES string of the molecule is CC[C@@](C)(OC)c1ccnc(-n2cc(S(=O)(=O)N(COCC[Si](C)(C)C)c3c(OC)ccc4cnn(C)c34)cn2)c1. The summed E-state index contributed by atoms with van der Waals surface area (Å²) < 4.78 is 50.3. The standard InChI is InChI=1S/C28H40N6O5SSi/c1-9-28(2,38-5)22-12-13-29-25(16-22)33-19-23(18-31-33)40(35,36)34(20-39-14-15-41(6,7)8)27-24(37-4)11-10-21-17-30-32(3)26(21)27/h10-13,16-19H,9,14-15,20H2,1-8H3/t28-/m1/s1. The van der Waals surface area contributed by atoms with Crippen molar-refractivity contribution in [1.82, 2.24) is 24.5 Å². The van der Waals surface area contributed by atoms with Gasteiger partial charge in [0.2, 0.25) is 0 Å². The van der Waals surface area contributed by atoms with Gasteiger partial charge in [0, 0.05) is 40.4 Å². The van der Waals surface area contributed by atoms with E-state index in [2.05, 4.69) is 34.8 Å². The van der Waals surface area contributed by atoms with Crippen molar-refractivity contribution in [2.45, 2.75) is 56.4 Å². The van der Waals surface area contributed by atoms with Crippen LogP contribution in [0.2, 0.25) is 25.7 Å². The summed E-state index contributed by atoms with van der Waals surface area (Å²) in [5.41, 5.74) is 1.37. The van der Waals surface area contributed by atoms with Gasteiger partial charge in [0.05, 0.1) is 36.8 Å². The predicted molar refractivity (Wildman–Crippen MR) is 162 cm³/mol. The third-order valence-electron chi connectivity index (χ3n) is 7.38. The average molecular weight is 601 g/mol. The van der Waals surface area contributed by atoms with Crippen LogP contribution in [0, 0.1) is 0 Å². The predicted octanol–water partition coefficient (Wildman–Crippen LogP) is 4.94. The number of pyridine rings is 1. The first-order valence-electron chi connectivity index (χ1n) is 13.5. The first kappa shape index (κ1) is 30.7. The zero-order chi connectivity index (χ0) is 30.0. The monoisotopic (exact) mass is 600 g/mol. The highest BCUT2D eigenvalue weighted by Gasteiger charge is 2.32. The second-order valence-corrected chi connectivity index (χ2v) is 18.8. The molecule has 1 atom stereocenters. The van der Waals surface area contributed by atoms with Crippen molar-refractivity contribution in [2.75, 3.05) is 31.9 Å². The van der Waals surface area contributed by atoms with Crippen LogP contribution in [0.4, 0.5) is 5.69 Å². The lowest BCUT2D eigenvalue weighted by Crippen LogP contribution is -2.34. The lowest BCUT2D eigenvalue weighted by molar-refractivity contribution is -0.00147. The Hall–Kier alpha value is -3.26. The molecule has 3 heterocycles. The number of methoxy groups -OCH3 is 2. The second-order valence-electron chi connectivity index (χ2n) is 11.3. The van der Waals surface area contributed by atoms with Crippen LogP contribution in [0.15, 0.2) is 53.9 Å². The summed E-state index contributed by atoms with van der Waals surface area (Å²) in [6.45, 7) is 11.0. The molecule has 0 radical (unpaired) electrons. The van der Waals surface area contributed by atoms with Crippen molar-refractivity contribution in [2.24, 2.45) is 7.05 Å². The van der Waals surface area contributed by atoms with Crippen molar-refractivity contribution < 1.29 is 22.6 Å². The van der Waals surface area contributed by atoms with Crippen molar-refractivity contribution >= 4 is 34.7 Å². The number of benzene rings is 1. The maximum atomic E-state index is 14.3. The van der Waals surface area contributed by atoms with E-state index in [4.69, 9.17) is 14.2 Å². The number of ether oxygens (including phenoxy) is 3. The van der Waals surface area contributed by atoms with Gasteiger partial charge >= 0.3 is 0 Å². The number of hydrogen-bond acceptors (Lipinski definition) is 8. The molecule has 0 amide bonds. The summed E-state index contributed by atoms with van der Waals surface area (Å²) >= 11 is 0. The van der Waals surface area contributed by atoms with Crippen LogP contribution in [0.3, 0.4) is 0 Å². The van der Waals surface area contributed by atoms with Gasteiger partial charge in [-0.15, -0.1) is 0 Å². The molecule has 1 aromatic carbocycles. The number of fused-ring (bicyclic) bond motifs is 1. The Morgan fingerprint density at radius 2 is 1.85 bits per heavy atom. The van der Waals surface area contributed by atoms with Gasteiger partial charge in [-0.25, -0.2) is 22.4 Å². The van der Waals surface area contributed by atoms with E-state index >= 15 is 0 Å². The van der Waals surface area contributed by atoms with Crippen LogP contribution in [-0.2, 0) is 32.1 Å². The highest BCUT2D eigenvalue weighted by molar-refractivity contribution is 7.92. The molecule has 222 valence electrons. The van der Waals surface area contributed by atoms with E-state index in [-0.39, 0.29) is 11.6 Å². The van der Waals surface area contributed by atoms with Gasteiger partial charge in [-0.1, -0.05) is 26.6 Å². The topological polar surface area (TPSA) is 114 Å². The molecule has 4 aromatic rings. The zero-order valence-corrected chi connectivity index (χ0v) is 26.9. The average Bonchev–Trinajstić information content (AvgIpc) is 3.60. The molecule has 0 aliphatic carbocycles. The number of aryl methyl sites for hydroxylation is 1. The number of rotatable bonds is 13. The zero-order valence-electron chi connectivity index (χ0n) is 25.1. The molecule has 11 nitrogen and oxygen atoms in total. The molecule has 3 aromatic heterocycles. The third kappa shape index (κ3) is 6.32. The lowest BCUT2D eigenvalue weighted by Gasteiger charge is -2.27.